The van der Waals surface area contributed by atoms with Crippen molar-refractivity contribution in [2.75, 3.05) is 19.5 Å². The highest BCUT2D eigenvalue weighted by molar-refractivity contribution is 6.32. The first-order valence-electron chi connectivity index (χ1n) is 8.93. The molecule has 0 heterocycles. The maximum atomic E-state index is 12.3. The van der Waals surface area contributed by atoms with Gasteiger partial charge in [0.1, 0.15) is 0 Å². The number of ether oxygens (including phenoxy) is 3. The highest BCUT2D eigenvalue weighted by Crippen LogP contribution is 2.36. The number of benzene rings is 2. The number of carbonyl (C=O) groups is 2. The Balaban J connectivity index is 2.00. The molecule has 1 atom stereocenters. The molecule has 0 bridgehead atoms. The van der Waals surface area contributed by atoms with Crippen LogP contribution in [0.5, 0.6) is 11.5 Å². The number of rotatable bonds is 7. The molecule has 2 aromatic carbocycles. The zero-order chi connectivity index (χ0) is 21.6. The van der Waals surface area contributed by atoms with E-state index in [9.17, 15) is 9.59 Å². The molecule has 2 rings (SSSR count). The third-order valence-corrected chi connectivity index (χ3v) is 4.45. The Labute approximate surface area is 175 Å². The summed E-state index contributed by atoms with van der Waals surface area (Å²) in [6.07, 6.45) is 1.78. The number of esters is 1. The molecule has 1 unspecified atom stereocenters. The summed E-state index contributed by atoms with van der Waals surface area (Å²) in [5.41, 5.74) is 3.33. The van der Waals surface area contributed by atoms with Crippen molar-refractivity contribution < 1.29 is 23.8 Å². The average molecular weight is 418 g/mol. The summed E-state index contributed by atoms with van der Waals surface area (Å²) >= 11 is 6.15. The third-order valence-electron chi connectivity index (χ3n) is 4.17. The number of hydrogen-bond acceptors (Lipinski definition) is 5. The Morgan fingerprint density at radius 2 is 1.83 bits per heavy atom. The summed E-state index contributed by atoms with van der Waals surface area (Å²) in [5.74, 6) is -0.216. The summed E-state index contributed by atoms with van der Waals surface area (Å²) in [6, 6.07) is 8.98. The number of hydrogen-bond donors (Lipinski definition) is 1. The summed E-state index contributed by atoms with van der Waals surface area (Å²) in [5, 5.41) is 3.11. The van der Waals surface area contributed by atoms with Crippen molar-refractivity contribution in [2.24, 2.45) is 0 Å². The minimum atomic E-state index is -0.957. The van der Waals surface area contributed by atoms with Gasteiger partial charge in [-0.15, -0.1) is 0 Å². The molecule has 0 saturated heterocycles. The van der Waals surface area contributed by atoms with Gasteiger partial charge in [0.25, 0.3) is 5.91 Å². The molecule has 0 spiro atoms. The van der Waals surface area contributed by atoms with E-state index in [0.29, 0.717) is 27.8 Å². The number of halogens is 1. The minimum Gasteiger partial charge on any atom is -0.493 e. The molecule has 0 aliphatic rings. The summed E-state index contributed by atoms with van der Waals surface area (Å²) in [4.78, 5) is 24.4. The van der Waals surface area contributed by atoms with Gasteiger partial charge in [0.05, 0.1) is 19.2 Å². The molecule has 154 valence electrons. The third kappa shape index (κ3) is 5.99. The first kappa shape index (κ1) is 22.3. The molecule has 0 aliphatic carbocycles. The largest absolute Gasteiger partial charge is 0.493 e. The molecule has 7 heteroatoms. The Morgan fingerprint density at radius 1 is 1.10 bits per heavy atom. The van der Waals surface area contributed by atoms with Gasteiger partial charge in [0.2, 0.25) is 0 Å². The lowest BCUT2D eigenvalue weighted by Gasteiger charge is -2.14. The Hall–Kier alpha value is -2.99. The van der Waals surface area contributed by atoms with Gasteiger partial charge in [-0.2, -0.15) is 0 Å². The van der Waals surface area contributed by atoms with E-state index in [-0.39, 0.29) is 0 Å². The van der Waals surface area contributed by atoms with Crippen LogP contribution in [0.25, 0.3) is 6.08 Å². The molecule has 0 radical (unpaired) electrons. The second-order valence-corrected chi connectivity index (χ2v) is 6.87. The topological polar surface area (TPSA) is 73.9 Å². The molecule has 0 saturated carbocycles. The van der Waals surface area contributed by atoms with E-state index in [1.807, 2.05) is 32.0 Å². The molecular formula is C22H24ClNO5. The van der Waals surface area contributed by atoms with Crippen molar-refractivity contribution >= 4 is 35.2 Å². The van der Waals surface area contributed by atoms with Gasteiger partial charge in [-0.05, 0) is 56.2 Å². The smallest absolute Gasteiger partial charge is 0.331 e. The van der Waals surface area contributed by atoms with Gasteiger partial charge in [-0.25, -0.2) is 4.79 Å². The van der Waals surface area contributed by atoms with Gasteiger partial charge in [0, 0.05) is 11.8 Å². The fourth-order valence-corrected chi connectivity index (χ4v) is 2.95. The number of amides is 1. The Kier molecular flexibility index (Phi) is 7.67. The number of anilines is 1. The zero-order valence-electron chi connectivity index (χ0n) is 17.0. The predicted octanol–water partition coefficient (Wildman–Crippen LogP) is 4.56. The molecule has 0 aromatic heterocycles. The van der Waals surface area contributed by atoms with Crippen LogP contribution in [0.15, 0.2) is 36.4 Å². The molecule has 1 amide bonds. The normalized spacial score (nSPS) is 11.8. The molecule has 6 nitrogen and oxygen atoms in total. The van der Waals surface area contributed by atoms with E-state index in [2.05, 4.69) is 5.32 Å². The van der Waals surface area contributed by atoms with Crippen molar-refractivity contribution in [1.82, 2.24) is 0 Å². The second kappa shape index (κ2) is 9.98. The van der Waals surface area contributed by atoms with Crippen LogP contribution in [0.3, 0.4) is 0 Å². The minimum absolute atomic E-state index is 0.348. The van der Waals surface area contributed by atoms with Gasteiger partial charge >= 0.3 is 5.97 Å². The number of methoxy groups -OCH3 is 2. The molecule has 0 fully saturated rings. The van der Waals surface area contributed by atoms with Crippen LogP contribution in [-0.4, -0.2) is 32.2 Å². The fourth-order valence-electron chi connectivity index (χ4n) is 2.65. The molecule has 1 N–H and O–H groups in total. The SMILES string of the molecule is COc1cc(/C=C/C(=O)OC(C)C(=O)Nc2ccc(C)cc2C)cc(Cl)c1OC. The van der Waals surface area contributed by atoms with Crippen LogP contribution >= 0.6 is 11.6 Å². The van der Waals surface area contributed by atoms with E-state index in [1.54, 1.807) is 12.1 Å². The molecule has 0 aliphatic heterocycles. The van der Waals surface area contributed by atoms with Crippen LogP contribution in [-0.2, 0) is 14.3 Å². The number of carbonyl (C=O) groups excluding carboxylic acids is 2. The van der Waals surface area contributed by atoms with E-state index < -0.39 is 18.0 Å². The molecule has 29 heavy (non-hydrogen) atoms. The number of aryl methyl sites for hydroxylation is 2. The summed E-state index contributed by atoms with van der Waals surface area (Å²) in [7, 11) is 2.98. The van der Waals surface area contributed by atoms with E-state index in [0.717, 1.165) is 11.1 Å². The molecular weight excluding hydrogens is 394 g/mol. The maximum Gasteiger partial charge on any atom is 0.331 e. The van der Waals surface area contributed by atoms with Gasteiger partial charge < -0.3 is 19.5 Å². The lowest BCUT2D eigenvalue weighted by atomic mass is 10.1. The van der Waals surface area contributed by atoms with Crippen molar-refractivity contribution in [3.8, 4) is 11.5 Å². The van der Waals surface area contributed by atoms with E-state index in [1.165, 1.54) is 33.3 Å². The lowest BCUT2D eigenvalue weighted by molar-refractivity contribution is -0.148. The van der Waals surface area contributed by atoms with Crippen LogP contribution in [0.2, 0.25) is 5.02 Å². The van der Waals surface area contributed by atoms with Gasteiger partial charge in [-0.1, -0.05) is 29.3 Å². The van der Waals surface area contributed by atoms with Crippen LogP contribution < -0.4 is 14.8 Å². The van der Waals surface area contributed by atoms with Crippen LogP contribution in [0.1, 0.15) is 23.6 Å². The van der Waals surface area contributed by atoms with Crippen molar-refractivity contribution in [1.29, 1.82) is 0 Å². The lowest BCUT2D eigenvalue weighted by Crippen LogP contribution is -2.29. The fraction of sp³-hybridized carbons (Fsp3) is 0.273. The van der Waals surface area contributed by atoms with Gasteiger partial charge in [-0.3, -0.25) is 4.79 Å². The van der Waals surface area contributed by atoms with Crippen molar-refractivity contribution in [3.63, 3.8) is 0 Å². The highest BCUT2D eigenvalue weighted by atomic mass is 35.5. The summed E-state index contributed by atoms with van der Waals surface area (Å²) < 4.78 is 15.6. The van der Waals surface area contributed by atoms with E-state index in [4.69, 9.17) is 25.8 Å². The number of nitrogens with one attached hydrogen (secondary N) is 1. The van der Waals surface area contributed by atoms with E-state index >= 15 is 0 Å². The van der Waals surface area contributed by atoms with Gasteiger partial charge in [0.15, 0.2) is 17.6 Å². The quantitative estimate of drug-likeness (QED) is 0.528. The average Bonchev–Trinajstić information content (AvgIpc) is 2.67. The van der Waals surface area contributed by atoms with Crippen LogP contribution in [0.4, 0.5) is 5.69 Å². The monoisotopic (exact) mass is 417 g/mol. The summed E-state index contributed by atoms with van der Waals surface area (Å²) in [6.45, 7) is 5.38. The highest BCUT2D eigenvalue weighted by Gasteiger charge is 2.17. The van der Waals surface area contributed by atoms with Crippen LogP contribution in [0, 0.1) is 13.8 Å². The zero-order valence-corrected chi connectivity index (χ0v) is 17.8. The first-order valence-corrected chi connectivity index (χ1v) is 9.31. The Morgan fingerprint density at radius 3 is 2.45 bits per heavy atom. The van der Waals surface area contributed by atoms with Crippen molar-refractivity contribution in [2.45, 2.75) is 26.9 Å². The second-order valence-electron chi connectivity index (χ2n) is 6.46. The van der Waals surface area contributed by atoms with Crippen molar-refractivity contribution in [3.05, 3.63) is 58.1 Å². The first-order chi connectivity index (χ1) is 13.7. The standard InChI is InChI=1S/C22H24ClNO5/c1-13-6-8-18(14(2)10-13)24-22(26)15(3)29-20(25)9-7-16-11-17(23)21(28-5)19(12-16)27-4/h6-12,15H,1-5H3,(H,24,26)/b9-7+. The Bertz CT molecular complexity index is 939. The maximum absolute atomic E-state index is 12.3. The molecule has 2 aromatic rings. The predicted molar refractivity (Wildman–Crippen MR) is 114 cm³/mol.